The van der Waals surface area contributed by atoms with Gasteiger partial charge >= 0.3 is 6.18 Å². The Balaban J connectivity index is 1.66. The second kappa shape index (κ2) is 5.92. The summed E-state index contributed by atoms with van der Waals surface area (Å²) in [6.45, 7) is 0.954. The largest absolute Gasteiger partial charge is 0.492 e. The summed E-state index contributed by atoms with van der Waals surface area (Å²) in [5.74, 6) is 0.742. The molecule has 3 heterocycles. The van der Waals surface area contributed by atoms with Crippen LogP contribution in [0.2, 0.25) is 0 Å². The van der Waals surface area contributed by atoms with E-state index in [2.05, 4.69) is 15.3 Å². The number of ether oxygens (including phenoxy) is 1. The van der Waals surface area contributed by atoms with E-state index in [0.717, 1.165) is 30.1 Å². The minimum Gasteiger partial charge on any atom is -0.492 e. The van der Waals surface area contributed by atoms with E-state index in [-0.39, 0.29) is 6.04 Å². The van der Waals surface area contributed by atoms with Gasteiger partial charge in [-0.15, -0.1) is 0 Å². The molecule has 0 saturated carbocycles. The van der Waals surface area contributed by atoms with Crippen LogP contribution in [0, 0.1) is 0 Å². The van der Waals surface area contributed by atoms with Gasteiger partial charge in [-0.3, -0.25) is 9.97 Å². The average Bonchev–Trinajstić information content (AvgIpc) is 2.52. The molecular formula is C15H14F3N3O. The molecule has 0 amide bonds. The molecular weight excluding hydrogens is 295 g/mol. The highest BCUT2D eigenvalue weighted by atomic mass is 19.4. The van der Waals surface area contributed by atoms with E-state index in [9.17, 15) is 13.2 Å². The lowest BCUT2D eigenvalue weighted by molar-refractivity contribution is -0.137. The van der Waals surface area contributed by atoms with Crippen LogP contribution in [0.25, 0.3) is 0 Å². The van der Waals surface area contributed by atoms with Crippen molar-refractivity contribution in [1.82, 2.24) is 15.3 Å². The Morgan fingerprint density at radius 3 is 2.82 bits per heavy atom. The van der Waals surface area contributed by atoms with Gasteiger partial charge in [0.25, 0.3) is 0 Å². The van der Waals surface area contributed by atoms with Crippen LogP contribution in [0.3, 0.4) is 0 Å². The normalized spacial score (nSPS) is 17.7. The van der Waals surface area contributed by atoms with Crippen molar-refractivity contribution in [2.75, 3.05) is 6.61 Å². The van der Waals surface area contributed by atoms with E-state index in [0.29, 0.717) is 18.8 Å². The molecule has 0 bridgehead atoms. The summed E-state index contributed by atoms with van der Waals surface area (Å²) < 4.78 is 43.0. The molecule has 1 unspecified atom stereocenters. The number of halogens is 3. The number of alkyl halides is 3. The van der Waals surface area contributed by atoms with Gasteiger partial charge in [0.2, 0.25) is 0 Å². The molecule has 0 radical (unpaired) electrons. The summed E-state index contributed by atoms with van der Waals surface area (Å²) in [5, 5.41) is 3.27. The smallest absolute Gasteiger partial charge is 0.417 e. The first-order valence-electron chi connectivity index (χ1n) is 6.87. The second-order valence-corrected chi connectivity index (χ2v) is 4.99. The first-order chi connectivity index (χ1) is 10.5. The van der Waals surface area contributed by atoms with Crippen molar-refractivity contribution >= 4 is 0 Å². The molecule has 2 aromatic heterocycles. The fraction of sp³-hybridized carbons (Fsp3) is 0.333. The minimum absolute atomic E-state index is 0.00837. The predicted octanol–water partition coefficient (Wildman–Crippen LogP) is 3.11. The quantitative estimate of drug-likeness (QED) is 0.946. The second-order valence-electron chi connectivity index (χ2n) is 4.99. The van der Waals surface area contributed by atoms with Crippen molar-refractivity contribution in [3.05, 3.63) is 53.6 Å². The van der Waals surface area contributed by atoms with Crippen molar-refractivity contribution in [3.8, 4) is 5.75 Å². The minimum atomic E-state index is -4.36. The Bertz CT molecular complexity index is 643. The summed E-state index contributed by atoms with van der Waals surface area (Å²) in [6.07, 6.45) is -1.06. The van der Waals surface area contributed by atoms with Crippen LogP contribution in [0.15, 0.2) is 36.7 Å². The van der Waals surface area contributed by atoms with Crippen molar-refractivity contribution in [2.24, 2.45) is 0 Å². The van der Waals surface area contributed by atoms with E-state index < -0.39 is 11.7 Å². The number of aromatic nitrogens is 2. The Kier molecular flexibility index (Phi) is 3.98. The van der Waals surface area contributed by atoms with Crippen LogP contribution in [0.4, 0.5) is 13.2 Å². The van der Waals surface area contributed by atoms with Gasteiger partial charge in [-0.1, -0.05) is 0 Å². The zero-order valence-corrected chi connectivity index (χ0v) is 11.6. The number of rotatable bonds is 3. The molecule has 116 valence electrons. The molecule has 4 nitrogen and oxygen atoms in total. The van der Waals surface area contributed by atoms with Gasteiger partial charge in [0.15, 0.2) is 0 Å². The van der Waals surface area contributed by atoms with Crippen LogP contribution in [-0.2, 0) is 12.7 Å². The number of hydrogen-bond donors (Lipinski definition) is 1. The predicted molar refractivity (Wildman–Crippen MR) is 73.2 cm³/mol. The maximum absolute atomic E-state index is 12.5. The van der Waals surface area contributed by atoms with Crippen molar-refractivity contribution in [3.63, 3.8) is 0 Å². The molecule has 22 heavy (non-hydrogen) atoms. The molecule has 0 aliphatic carbocycles. The maximum atomic E-state index is 12.5. The molecule has 0 fully saturated rings. The molecule has 1 N–H and O–H groups in total. The van der Waals surface area contributed by atoms with E-state index >= 15 is 0 Å². The van der Waals surface area contributed by atoms with E-state index in [1.165, 1.54) is 6.07 Å². The molecule has 1 aliphatic heterocycles. The summed E-state index contributed by atoms with van der Waals surface area (Å²) in [6, 6.07) is 6.09. The highest BCUT2D eigenvalue weighted by Crippen LogP contribution is 2.30. The Morgan fingerprint density at radius 2 is 2.09 bits per heavy atom. The van der Waals surface area contributed by atoms with Crippen molar-refractivity contribution in [1.29, 1.82) is 0 Å². The van der Waals surface area contributed by atoms with Crippen molar-refractivity contribution < 1.29 is 17.9 Å². The van der Waals surface area contributed by atoms with Gasteiger partial charge in [0, 0.05) is 25.4 Å². The Hall–Kier alpha value is -2.15. The third kappa shape index (κ3) is 3.19. The zero-order chi connectivity index (χ0) is 15.6. The molecule has 0 aromatic carbocycles. The van der Waals surface area contributed by atoms with Gasteiger partial charge in [0.05, 0.1) is 29.6 Å². The highest BCUT2D eigenvalue weighted by Gasteiger charge is 2.30. The van der Waals surface area contributed by atoms with E-state index in [1.54, 1.807) is 12.3 Å². The van der Waals surface area contributed by atoms with Gasteiger partial charge in [-0.25, -0.2) is 0 Å². The fourth-order valence-electron chi connectivity index (χ4n) is 2.33. The Labute approximate surface area is 125 Å². The molecule has 1 aliphatic rings. The highest BCUT2D eigenvalue weighted by molar-refractivity contribution is 5.31. The van der Waals surface area contributed by atoms with E-state index in [4.69, 9.17) is 4.74 Å². The molecule has 7 heteroatoms. The standard InChI is InChI=1S/C15H14F3N3O/c16-15(17,18)10-3-4-11(20-8-10)9-21-12-5-7-22-13-2-1-6-19-14(12)13/h1-4,6,8,12,21H,5,7,9H2. The van der Waals surface area contributed by atoms with Crippen molar-refractivity contribution in [2.45, 2.75) is 25.2 Å². The van der Waals surface area contributed by atoms with Crippen LogP contribution < -0.4 is 10.1 Å². The fourth-order valence-corrected chi connectivity index (χ4v) is 2.33. The van der Waals surface area contributed by atoms with E-state index in [1.807, 2.05) is 6.07 Å². The molecule has 2 aromatic rings. The topological polar surface area (TPSA) is 47.0 Å². The SMILES string of the molecule is FC(F)(F)c1ccc(CNC2CCOc3cccnc32)nc1. The summed E-state index contributed by atoms with van der Waals surface area (Å²) in [7, 11) is 0. The van der Waals surface area contributed by atoms with Crippen LogP contribution in [-0.4, -0.2) is 16.6 Å². The molecule has 3 rings (SSSR count). The third-order valence-corrected chi connectivity index (χ3v) is 3.48. The van der Waals surface area contributed by atoms with Crippen LogP contribution in [0.5, 0.6) is 5.75 Å². The third-order valence-electron chi connectivity index (χ3n) is 3.48. The first-order valence-corrected chi connectivity index (χ1v) is 6.87. The average molecular weight is 309 g/mol. The van der Waals surface area contributed by atoms with Gasteiger partial charge in [-0.2, -0.15) is 13.2 Å². The number of pyridine rings is 2. The van der Waals surface area contributed by atoms with Crippen LogP contribution in [0.1, 0.15) is 29.4 Å². The maximum Gasteiger partial charge on any atom is 0.417 e. The number of hydrogen-bond acceptors (Lipinski definition) is 4. The number of nitrogens with zero attached hydrogens (tertiary/aromatic N) is 2. The molecule has 0 saturated heterocycles. The van der Waals surface area contributed by atoms with Gasteiger partial charge < -0.3 is 10.1 Å². The zero-order valence-electron chi connectivity index (χ0n) is 11.6. The lowest BCUT2D eigenvalue weighted by atomic mass is 10.1. The molecule has 1 atom stereocenters. The summed E-state index contributed by atoms with van der Waals surface area (Å²) >= 11 is 0. The summed E-state index contributed by atoms with van der Waals surface area (Å²) in [5.41, 5.74) is 0.631. The molecule has 0 spiro atoms. The lowest BCUT2D eigenvalue weighted by Crippen LogP contribution is -2.28. The number of nitrogens with one attached hydrogen (secondary N) is 1. The number of fused-ring (bicyclic) bond motifs is 1. The van der Waals surface area contributed by atoms with Crippen LogP contribution >= 0.6 is 0 Å². The summed E-state index contributed by atoms with van der Waals surface area (Å²) in [4.78, 5) is 8.15. The monoisotopic (exact) mass is 309 g/mol. The van der Waals surface area contributed by atoms with Gasteiger partial charge in [-0.05, 0) is 24.3 Å². The Morgan fingerprint density at radius 1 is 1.23 bits per heavy atom. The van der Waals surface area contributed by atoms with Gasteiger partial charge in [0.1, 0.15) is 5.75 Å². The first kappa shape index (κ1) is 14.8. The lowest BCUT2D eigenvalue weighted by Gasteiger charge is -2.25.